The first-order valence-electron chi connectivity index (χ1n) is 8.59. The lowest BCUT2D eigenvalue weighted by molar-refractivity contribution is -0.129. The molecule has 7 nitrogen and oxygen atoms in total. The molecule has 1 fully saturated rings. The topological polar surface area (TPSA) is 86.8 Å². The van der Waals surface area contributed by atoms with Crippen LogP contribution in [-0.4, -0.2) is 56.1 Å². The molecule has 144 valence electrons. The van der Waals surface area contributed by atoms with Gasteiger partial charge in [0.2, 0.25) is 21.8 Å². The number of carbonyl (C=O) groups excluding carboxylic acids is 2. The minimum absolute atomic E-state index is 0.0306. The van der Waals surface area contributed by atoms with Crippen molar-refractivity contribution in [3.05, 3.63) is 23.3 Å². The van der Waals surface area contributed by atoms with Crippen LogP contribution in [0.15, 0.2) is 17.0 Å². The highest BCUT2D eigenvalue weighted by Gasteiger charge is 2.35. The van der Waals surface area contributed by atoms with E-state index in [2.05, 4.69) is 5.32 Å². The van der Waals surface area contributed by atoms with E-state index in [1.54, 1.807) is 17.9 Å². The third-order valence-electron chi connectivity index (χ3n) is 4.83. The summed E-state index contributed by atoms with van der Waals surface area (Å²) < 4.78 is 26.0. The summed E-state index contributed by atoms with van der Waals surface area (Å²) in [7, 11) is -0.671. The minimum atomic E-state index is -3.60. The first kappa shape index (κ1) is 20.4. The number of nitrogens with zero attached hydrogens (tertiary/aromatic N) is 2. The Morgan fingerprint density at radius 2 is 1.88 bits per heavy atom. The smallest absolute Gasteiger partial charge is 0.242 e. The number of amides is 2. The number of likely N-dealkylation sites (tertiary alicyclic amines) is 1. The summed E-state index contributed by atoms with van der Waals surface area (Å²) in [5.41, 5.74) is 2.04. The Balaban J connectivity index is 2.28. The maximum Gasteiger partial charge on any atom is 0.242 e. The van der Waals surface area contributed by atoms with Gasteiger partial charge >= 0.3 is 0 Å². The summed E-state index contributed by atoms with van der Waals surface area (Å²) in [6, 6.07) is 3.13. The van der Waals surface area contributed by atoms with Gasteiger partial charge in [0, 0.05) is 38.8 Å². The van der Waals surface area contributed by atoms with Gasteiger partial charge in [0.15, 0.2) is 0 Å². The van der Waals surface area contributed by atoms with Gasteiger partial charge in [-0.2, -0.15) is 0 Å². The largest absolute Gasteiger partial charge is 0.339 e. The Kier molecular flexibility index (Phi) is 5.77. The van der Waals surface area contributed by atoms with Crippen molar-refractivity contribution in [1.29, 1.82) is 0 Å². The van der Waals surface area contributed by atoms with Gasteiger partial charge in [-0.3, -0.25) is 9.59 Å². The fourth-order valence-corrected chi connectivity index (χ4v) is 3.97. The zero-order valence-electron chi connectivity index (χ0n) is 16.2. The van der Waals surface area contributed by atoms with E-state index in [0.717, 1.165) is 15.4 Å². The summed E-state index contributed by atoms with van der Waals surface area (Å²) in [4.78, 5) is 26.5. The van der Waals surface area contributed by atoms with E-state index < -0.39 is 15.9 Å². The molecule has 1 aliphatic heterocycles. The van der Waals surface area contributed by atoms with E-state index in [1.807, 2.05) is 20.8 Å². The van der Waals surface area contributed by atoms with Gasteiger partial charge in [-0.25, -0.2) is 12.7 Å². The van der Waals surface area contributed by atoms with Crippen LogP contribution in [0.3, 0.4) is 0 Å². The van der Waals surface area contributed by atoms with Gasteiger partial charge in [-0.05, 0) is 51.0 Å². The van der Waals surface area contributed by atoms with Crippen molar-refractivity contribution in [1.82, 2.24) is 9.21 Å². The fraction of sp³-hybridized carbons (Fsp3) is 0.556. The van der Waals surface area contributed by atoms with E-state index in [4.69, 9.17) is 0 Å². The van der Waals surface area contributed by atoms with Crippen molar-refractivity contribution in [2.45, 2.75) is 45.1 Å². The van der Waals surface area contributed by atoms with Crippen molar-refractivity contribution in [3.63, 3.8) is 0 Å². The number of carbonyl (C=O) groups is 2. The van der Waals surface area contributed by atoms with Crippen LogP contribution in [-0.2, 0) is 19.6 Å². The van der Waals surface area contributed by atoms with Crippen LogP contribution in [0, 0.1) is 19.8 Å². The maximum absolute atomic E-state index is 12.6. The van der Waals surface area contributed by atoms with Gasteiger partial charge < -0.3 is 10.2 Å². The van der Waals surface area contributed by atoms with Gasteiger partial charge in [0.1, 0.15) is 0 Å². The second kappa shape index (κ2) is 7.36. The number of hydrogen-bond acceptors (Lipinski definition) is 4. The van der Waals surface area contributed by atoms with Crippen molar-refractivity contribution in [2.75, 3.05) is 26.0 Å². The molecule has 1 aromatic carbocycles. The molecule has 1 aliphatic rings. The molecule has 1 atom stereocenters. The Bertz CT molecular complexity index is 831. The van der Waals surface area contributed by atoms with Crippen LogP contribution < -0.4 is 5.32 Å². The molecule has 1 saturated heterocycles. The van der Waals surface area contributed by atoms with Crippen LogP contribution >= 0.6 is 0 Å². The average molecular weight is 381 g/mol. The van der Waals surface area contributed by atoms with E-state index in [0.29, 0.717) is 12.2 Å². The average Bonchev–Trinajstić information content (AvgIpc) is 2.93. The predicted molar refractivity (Wildman–Crippen MR) is 100 cm³/mol. The summed E-state index contributed by atoms with van der Waals surface area (Å²) in [6.07, 6.45) is 0.178. The first-order chi connectivity index (χ1) is 11.9. The Morgan fingerprint density at radius 3 is 2.38 bits per heavy atom. The Hall–Kier alpha value is -1.93. The monoisotopic (exact) mass is 381 g/mol. The van der Waals surface area contributed by atoms with E-state index in [-0.39, 0.29) is 29.2 Å². The molecule has 0 radical (unpaired) electrons. The highest BCUT2D eigenvalue weighted by Crippen LogP contribution is 2.27. The second-order valence-electron chi connectivity index (χ2n) is 7.23. The van der Waals surface area contributed by atoms with Gasteiger partial charge in [0.25, 0.3) is 0 Å². The molecule has 2 rings (SSSR count). The molecule has 1 aromatic rings. The molecule has 0 saturated carbocycles. The molecule has 0 aliphatic carbocycles. The number of hydrogen-bond donors (Lipinski definition) is 1. The highest BCUT2D eigenvalue weighted by atomic mass is 32.2. The molecule has 8 heteroatoms. The third-order valence-corrected chi connectivity index (χ3v) is 6.62. The van der Waals surface area contributed by atoms with Crippen LogP contribution in [0.25, 0.3) is 0 Å². The number of sulfonamides is 1. The quantitative estimate of drug-likeness (QED) is 0.842. The Morgan fingerprint density at radius 1 is 1.27 bits per heavy atom. The van der Waals surface area contributed by atoms with Crippen LogP contribution in [0.2, 0.25) is 0 Å². The van der Waals surface area contributed by atoms with Crippen molar-refractivity contribution >= 4 is 27.5 Å². The lowest BCUT2D eigenvalue weighted by Gasteiger charge is -2.21. The van der Waals surface area contributed by atoms with Gasteiger partial charge in [-0.15, -0.1) is 0 Å². The zero-order valence-corrected chi connectivity index (χ0v) is 17.0. The molecule has 26 heavy (non-hydrogen) atoms. The van der Waals surface area contributed by atoms with Crippen LogP contribution in [0.1, 0.15) is 31.4 Å². The maximum atomic E-state index is 12.6. The first-order valence-corrected chi connectivity index (χ1v) is 10.0. The van der Waals surface area contributed by atoms with Crippen molar-refractivity contribution in [3.8, 4) is 0 Å². The molecule has 0 aromatic heterocycles. The molecular weight excluding hydrogens is 354 g/mol. The van der Waals surface area contributed by atoms with Crippen molar-refractivity contribution < 1.29 is 18.0 Å². The standard InChI is InChI=1S/C18H27N3O4S/c1-11(2)21-10-14(8-17(21)22)18(23)19-16-9-15(7-12(3)13(16)4)26(24,25)20(5)6/h7,9,11,14H,8,10H2,1-6H3,(H,19,23). The van der Waals surface area contributed by atoms with Crippen LogP contribution in [0.4, 0.5) is 5.69 Å². The summed E-state index contributed by atoms with van der Waals surface area (Å²) in [5, 5.41) is 2.82. The lowest BCUT2D eigenvalue weighted by Crippen LogP contribution is -2.33. The number of benzene rings is 1. The highest BCUT2D eigenvalue weighted by molar-refractivity contribution is 7.89. The third kappa shape index (κ3) is 3.91. The minimum Gasteiger partial charge on any atom is -0.339 e. The van der Waals surface area contributed by atoms with E-state index in [1.165, 1.54) is 20.2 Å². The summed E-state index contributed by atoms with van der Waals surface area (Å²) >= 11 is 0. The number of nitrogens with one attached hydrogen (secondary N) is 1. The Labute approximate surface area is 155 Å². The van der Waals surface area contributed by atoms with E-state index >= 15 is 0 Å². The number of rotatable bonds is 5. The fourth-order valence-electron chi connectivity index (χ4n) is 2.96. The van der Waals surface area contributed by atoms with Crippen LogP contribution in [0.5, 0.6) is 0 Å². The van der Waals surface area contributed by atoms with Gasteiger partial charge in [0.05, 0.1) is 10.8 Å². The SMILES string of the molecule is Cc1cc(S(=O)(=O)N(C)C)cc(NC(=O)C2CC(=O)N(C(C)C)C2)c1C. The number of aryl methyl sites for hydroxylation is 1. The van der Waals surface area contributed by atoms with Crippen molar-refractivity contribution in [2.24, 2.45) is 5.92 Å². The molecular formula is C18H27N3O4S. The molecule has 0 bridgehead atoms. The zero-order chi connectivity index (χ0) is 19.8. The molecule has 1 N–H and O–H groups in total. The molecule has 2 amide bonds. The predicted octanol–water partition coefficient (Wildman–Crippen LogP) is 1.75. The normalized spacial score (nSPS) is 18.1. The summed E-state index contributed by atoms with van der Waals surface area (Å²) in [6.45, 7) is 7.86. The molecule has 1 heterocycles. The second-order valence-corrected chi connectivity index (χ2v) is 9.38. The molecule has 0 spiro atoms. The lowest BCUT2D eigenvalue weighted by atomic mass is 10.1. The van der Waals surface area contributed by atoms with E-state index in [9.17, 15) is 18.0 Å². The number of anilines is 1. The molecule has 1 unspecified atom stereocenters. The van der Waals surface area contributed by atoms with Gasteiger partial charge in [-0.1, -0.05) is 0 Å². The summed E-state index contributed by atoms with van der Waals surface area (Å²) in [5.74, 6) is -0.723.